The van der Waals surface area contributed by atoms with Gasteiger partial charge in [-0.05, 0) is 51.1 Å². The van der Waals surface area contributed by atoms with E-state index in [0.717, 1.165) is 14.7 Å². The minimum Gasteiger partial charge on any atom is -0.496 e. The van der Waals surface area contributed by atoms with E-state index in [1.165, 1.54) is 0 Å². The number of benzene rings is 2. The molecule has 0 aliphatic carbocycles. The molecule has 184 valence electrons. The van der Waals surface area contributed by atoms with Crippen molar-refractivity contribution in [3.8, 4) is 5.75 Å². The third-order valence-electron chi connectivity index (χ3n) is 5.69. The van der Waals surface area contributed by atoms with Gasteiger partial charge in [-0.2, -0.15) is 9.78 Å². The van der Waals surface area contributed by atoms with Crippen molar-refractivity contribution in [1.29, 1.82) is 0 Å². The van der Waals surface area contributed by atoms with Gasteiger partial charge in [0, 0.05) is 26.7 Å². The maximum absolute atomic E-state index is 14.1. The Morgan fingerprint density at radius 2 is 1.63 bits per heavy atom. The number of nitrogens with zero attached hydrogens (tertiary/aromatic N) is 3. The van der Waals surface area contributed by atoms with E-state index in [-0.39, 0.29) is 11.6 Å². The number of carbonyl (C=O) groups excluding carboxylic acids is 2. The van der Waals surface area contributed by atoms with E-state index in [2.05, 4.69) is 21.0 Å². The number of halogens is 1. The Morgan fingerprint density at radius 3 is 2.20 bits per heavy atom. The average molecular weight is 540 g/mol. The van der Waals surface area contributed by atoms with Crippen LogP contribution in [-0.4, -0.2) is 34.5 Å². The number of ether oxygens (including phenoxy) is 2. The summed E-state index contributed by atoms with van der Waals surface area (Å²) in [6.07, 6.45) is -0.686. The van der Waals surface area contributed by atoms with Crippen LogP contribution in [0.1, 0.15) is 74.9 Å². The fourth-order valence-corrected chi connectivity index (χ4v) is 4.57. The topological polar surface area (TPSA) is 73.7 Å². The van der Waals surface area contributed by atoms with Crippen LogP contribution in [0.4, 0.5) is 10.5 Å². The SMILES string of the molecule is COc1ccccc1C1c2c(C(C)(C)C)nn(C(=O)OC(C)(C)C)c2C(=O)N1c1ccc(Br)cc1. The summed E-state index contributed by atoms with van der Waals surface area (Å²) in [5.41, 5.74) is 1.85. The Labute approximate surface area is 214 Å². The Hall–Kier alpha value is -3.13. The third kappa shape index (κ3) is 4.59. The second kappa shape index (κ2) is 8.82. The summed E-state index contributed by atoms with van der Waals surface area (Å²) >= 11 is 3.47. The minimum atomic E-state index is -0.743. The van der Waals surface area contributed by atoms with Gasteiger partial charge in [0.15, 0.2) is 0 Å². The molecule has 0 saturated carbocycles. The first-order valence-electron chi connectivity index (χ1n) is 11.4. The van der Waals surface area contributed by atoms with Crippen molar-refractivity contribution in [1.82, 2.24) is 9.78 Å². The van der Waals surface area contributed by atoms with Crippen molar-refractivity contribution in [3.05, 3.63) is 75.5 Å². The van der Waals surface area contributed by atoms with Gasteiger partial charge in [-0.25, -0.2) is 4.79 Å². The molecule has 0 N–H and O–H groups in total. The van der Waals surface area contributed by atoms with Crippen LogP contribution >= 0.6 is 15.9 Å². The number of aromatic nitrogens is 2. The van der Waals surface area contributed by atoms with Gasteiger partial charge < -0.3 is 9.47 Å². The van der Waals surface area contributed by atoms with Crippen LogP contribution in [0, 0.1) is 0 Å². The van der Waals surface area contributed by atoms with Crippen molar-refractivity contribution < 1.29 is 19.1 Å². The summed E-state index contributed by atoms with van der Waals surface area (Å²) in [7, 11) is 1.61. The van der Waals surface area contributed by atoms with Gasteiger partial charge in [-0.15, -0.1) is 0 Å². The van der Waals surface area contributed by atoms with E-state index in [4.69, 9.17) is 9.47 Å². The summed E-state index contributed by atoms with van der Waals surface area (Å²) in [5.74, 6) is 0.317. The van der Waals surface area contributed by atoms with Gasteiger partial charge in [0.1, 0.15) is 17.0 Å². The van der Waals surface area contributed by atoms with Crippen LogP contribution < -0.4 is 9.64 Å². The molecule has 7 nitrogen and oxygen atoms in total. The summed E-state index contributed by atoms with van der Waals surface area (Å²) in [4.78, 5) is 29.0. The van der Waals surface area contributed by atoms with Gasteiger partial charge in [-0.1, -0.05) is 54.9 Å². The summed E-state index contributed by atoms with van der Waals surface area (Å²) in [5, 5.41) is 4.66. The number of carbonyl (C=O) groups is 2. The molecule has 1 unspecified atom stereocenters. The van der Waals surface area contributed by atoms with Crippen LogP contribution in [0.15, 0.2) is 53.0 Å². The number of hydrogen-bond donors (Lipinski definition) is 0. The van der Waals surface area contributed by atoms with Gasteiger partial charge in [0.25, 0.3) is 5.91 Å². The van der Waals surface area contributed by atoms with Gasteiger partial charge in [0.2, 0.25) is 0 Å². The van der Waals surface area contributed by atoms with Gasteiger partial charge in [-0.3, -0.25) is 9.69 Å². The predicted molar refractivity (Wildman–Crippen MR) is 138 cm³/mol. The molecule has 0 bridgehead atoms. The smallest absolute Gasteiger partial charge is 0.435 e. The van der Waals surface area contributed by atoms with Crippen LogP contribution in [0.3, 0.4) is 0 Å². The van der Waals surface area contributed by atoms with Crippen molar-refractivity contribution in [3.63, 3.8) is 0 Å². The standard InChI is InChI=1S/C27H30BrN3O4/c1-26(2,3)23-20-21(18-10-8-9-11-19(18)34-7)30(17-14-12-16(28)13-15-17)24(32)22(20)31(29-23)25(33)35-27(4,5)6/h8-15,21H,1-7H3. The summed E-state index contributed by atoms with van der Waals surface area (Å²) in [6.45, 7) is 11.4. The summed E-state index contributed by atoms with van der Waals surface area (Å²) in [6, 6.07) is 14.6. The third-order valence-corrected chi connectivity index (χ3v) is 6.22. The zero-order chi connectivity index (χ0) is 25.7. The molecule has 1 aliphatic rings. The fourth-order valence-electron chi connectivity index (χ4n) is 4.30. The van der Waals surface area contributed by atoms with Crippen molar-refractivity contribution in [2.75, 3.05) is 12.0 Å². The predicted octanol–water partition coefficient (Wildman–Crippen LogP) is 6.48. The zero-order valence-electron chi connectivity index (χ0n) is 21.0. The van der Waals surface area contributed by atoms with Crippen LogP contribution in [0.2, 0.25) is 0 Å². The molecule has 0 fully saturated rings. The molecule has 3 aromatic rings. The molecule has 35 heavy (non-hydrogen) atoms. The highest BCUT2D eigenvalue weighted by molar-refractivity contribution is 9.10. The van der Waals surface area contributed by atoms with E-state index in [1.807, 2.05) is 69.3 Å². The Morgan fingerprint density at radius 1 is 1.00 bits per heavy atom. The monoisotopic (exact) mass is 539 g/mol. The highest BCUT2D eigenvalue weighted by Gasteiger charge is 2.48. The molecule has 4 rings (SSSR count). The zero-order valence-corrected chi connectivity index (χ0v) is 22.6. The van der Waals surface area contributed by atoms with Crippen molar-refractivity contribution in [2.24, 2.45) is 0 Å². The first-order chi connectivity index (χ1) is 16.3. The molecule has 8 heteroatoms. The Kier molecular flexibility index (Phi) is 6.30. The van der Waals surface area contributed by atoms with E-state index >= 15 is 0 Å². The lowest BCUT2D eigenvalue weighted by molar-refractivity contribution is 0.0504. The number of fused-ring (bicyclic) bond motifs is 1. The molecule has 2 heterocycles. The minimum absolute atomic E-state index is 0.211. The number of anilines is 1. The number of methoxy groups -OCH3 is 1. The first kappa shape index (κ1) is 25.0. The Balaban J connectivity index is 2.03. The van der Waals surface area contributed by atoms with E-state index in [1.54, 1.807) is 32.8 Å². The van der Waals surface area contributed by atoms with E-state index in [0.29, 0.717) is 22.7 Å². The fraction of sp³-hybridized carbons (Fsp3) is 0.370. The first-order valence-corrected chi connectivity index (χ1v) is 12.2. The number of para-hydroxylation sites is 1. The maximum atomic E-state index is 14.1. The summed E-state index contributed by atoms with van der Waals surface area (Å²) < 4.78 is 13.3. The molecule has 1 aromatic heterocycles. The molecule has 0 spiro atoms. The highest BCUT2D eigenvalue weighted by Crippen LogP contribution is 2.48. The molecule has 1 atom stereocenters. The van der Waals surface area contributed by atoms with E-state index < -0.39 is 23.2 Å². The molecule has 1 amide bonds. The second-order valence-corrected chi connectivity index (χ2v) is 11.5. The number of amides is 1. The van der Waals surface area contributed by atoms with Gasteiger partial charge in [0.05, 0.1) is 18.8 Å². The quantitative estimate of drug-likeness (QED) is 0.380. The van der Waals surface area contributed by atoms with Gasteiger partial charge >= 0.3 is 6.09 Å². The van der Waals surface area contributed by atoms with E-state index in [9.17, 15) is 9.59 Å². The van der Waals surface area contributed by atoms with Crippen molar-refractivity contribution >= 4 is 33.6 Å². The van der Waals surface area contributed by atoms with Crippen molar-refractivity contribution in [2.45, 2.75) is 58.6 Å². The molecule has 1 aliphatic heterocycles. The lowest BCUT2D eigenvalue weighted by atomic mass is 9.85. The van der Waals surface area contributed by atoms with Crippen LogP contribution in [0.5, 0.6) is 5.75 Å². The Bertz CT molecular complexity index is 1280. The normalized spacial score (nSPS) is 15.8. The molecule has 0 radical (unpaired) electrons. The highest BCUT2D eigenvalue weighted by atomic mass is 79.9. The largest absolute Gasteiger partial charge is 0.496 e. The molecule has 0 saturated heterocycles. The molecular formula is C27H30BrN3O4. The maximum Gasteiger partial charge on any atom is 0.435 e. The van der Waals surface area contributed by atoms with Crippen LogP contribution in [0.25, 0.3) is 0 Å². The number of hydrogen-bond acceptors (Lipinski definition) is 5. The molecule has 2 aromatic carbocycles. The average Bonchev–Trinajstić information content (AvgIpc) is 3.29. The molecular weight excluding hydrogens is 510 g/mol. The second-order valence-electron chi connectivity index (χ2n) is 10.5. The number of rotatable bonds is 3. The lowest BCUT2D eigenvalue weighted by Crippen LogP contribution is -2.34. The van der Waals surface area contributed by atoms with Crippen LogP contribution in [-0.2, 0) is 10.2 Å². The lowest BCUT2D eigenvalue weighted by Gasteiger charge is -2.29.